The van der Waals surface area contributed by atoms with E-state index in [0.717, 1.165) is 36.1 Å². The van der Waals surface area contributed by atoms with Crippen LogP contribution < -0.4 is 19.5 Å². The van der Waals surface area contributed by atoms with Crippen molar-refractivity contribution in [3.8, 4) is 17.4 Å². The second-order valence-electron chi connectivity index (χ2n) is 5.93. The average Bonchev–Trinajstić information content (AvgIpc) is 2.72. The van der Waals surface area contributed by atoms with Crippen molar-refractivity contribution in [1.82, 2.24) is 15.2 Å². The van der Waals surface area contributed by atoms with Gasteiger partial charge in [-0.25, -0.2) is 4.98 Å². The van der Waals surface area contributed by atoms with E-state index >= 15 is 0 Å². The zero-order chi connectivity index (χ0) is 19.6. The zero-order valence-corrected chi connectivity index (χ0v) is 16.7. The molecule has 1 aromatic carbocycles. The van der Waals surface area contributed by atoms with E-state index in [1.165, 1.54) is 5.56 Å². The van der Waals surface area contributed by atoms with Gasteiger partial charge in [0.2, 0.25) is 5.88 Å². The fourth-order valence-electron chi connectivity index (χ4n) is 2.66. The fourth-order valence-corrected chi connectivity index (χ4v) is 2.66. The van der Waals surface area contributed by atoms with Gasteiger partial charge in [-0.05, 0) is 30.2 Å². The number of benzene rings is 1. The first kappa shape index (κ1) is 20.4. The molecule has 0 saturated carbocycles. The molecule has 0 amide bonds. The predicted octanol–water partition coefficient (Wildman–Crippen LogP) is 2.36. The van der Waals surface area contributed by atoms with Crippen molar-refractivity contribution in [3.63, 3.8) is 0 Å². The lowest BCUT2D eigenvalue weighted by atomic mass is 10.1. The summed E-state index contributed by atoms with van der Waals surface area (Å²) in [5, 5.41) is 3.33. The summed E-state index contributed by atoms with van der Waals surface area (Å²) in [7, 11) is 8.67. The highest BCUT2D eigenvalue weighted by Crippen LogP contribution is 2.27. The minimum absolute atomic E-state index is 0.574. The average molecular weight is 372 g/mol. The van der Waals surface area contributed by atoms with Gasteiger partial charge in [0.15, 0.2) is 17.5 Å². The summed E-state index contributed by atoms with van der Waals surface area (Å²) < 4.78 is 15.8. The third kappa shape index (κ3) is 5.77. The second kappa shape index (κ2) is 10.3. The largest absolute Gasteiger partial charge is 0.493 e. The minimum Gasteiger partial charge on any atom is -0.493 e. The minimum atomic E-state index is 0.574. The number of pyridine rings is 1. The van der Waals surface area contributed by atoms with Gasteiger partial charge in [0.1, 0.15) is 0 Å². The summed E-state index contributed by atoms with van der Waals surface area (Å²) >= 11 is 0. The number of aliphatic imine (C=N–C) groups is 1. The number of likely N-dealkylation sites (N-methyl/N-ethyl adjacent to an activating group) is 1. The van der Waals surface area contributed by atoms with E-state index in [0.29, 0.717) is 12.4 Å². The summed E-state index contributed by atoms with van der Waals surface area (Å²) in [6.07, 6.45) is 0.856. The molecular formula is C20H28N4O3. The first-order valence-corrected chi connectivity index (χ1v) is 8.73. The predicted molar refractivity (Wildman–Crippen MR) is 107 cm³/mol. The molecule has 0 aliphatic heterocycles. The van der Waals surface area contributed by atoms with Gasteiger partial charge in [-0.1, -0.05) is 12.1 Å². The van der Waals surface area contributed by atoms with Crippen LogP contribution in [0.15, 0.2) is 41.4 Å². The molecule has 27 heavy (non-hydrogen) atoms. The monoisotopic (exact) mass is 372 g/mol. The molecule has 0 spiro atoms. The van der Waals surface area contributed by atoms with E-state index in [1.54, 1.807) is 28.4 Å². The van der Waals surface area contributed by atoms with E-state index in [9.17, 15) is 0 Å². The van der Waals surface area contributed by atoms with Crippen molar-refractivity contribution in [2.45, 2.75) is 13.0 Å². The molecule has 0 saturated heterocycles. The molecule has 7 nitrogen and oxygen atoms in total. The molecule has 2 aromatic rings. The molecule has 0 aliphatic carbocycles. The zero-order valence-electron chi connectivity index (χ0n) is 16.7. The Balaban J connectivity index is 1.92. The van der Waals surface area contributed by atoms with E-state index in [-0.39, 0.29) is 0 Å². The third-order valence-electron chi connectivity index (χ3n) is 4.18. The number of ether oxygens (including phenoxy) is 3. The van der Waals surface area contributed by atoms with Crippen molar-refractivity contribution in [3.05, 3.63) is 47.7 Å². The molecule has 7 heteroatoms. The molecule has 0 atom stereocenters. The number of methoxy groups -OCH3 is 3. The van der Waals surface area contributed by atoms with Crippen LogP contribution in [0.1, 0.15) is 11.3 Å². The summed E-state index contributed by atoms with van der Waals surface area (Å²) in [5.74, 6) is 2.88. The number of nitrogens with zero attached hydrogens (tertiary/aromatic N) is 3. The third-order valence-corrected chi connectivity index (χ3v) is 4.18. The van der Waals surface area contributed by atoms with Crippen molar-refractivity contribution in [2.24, 2.45) is 4.99 Å². The Bertz CT molecular complexity index is 765. The molecule has 0 unspecified atom stereocenters. The maximum Gasteiger partial charge on any atom is 0.213 e. The number of guanidine groups is 1. The van der Waals surface area contributed by atoms with Gasteiger partial charge in [0.25, 0.3) is 0 Å². The number of nitrogens with one attached hydrogen (secondary N) is 1. The van der Waals surface area contributed by atoms with Crippen molar-refractivity contribution in [2.75, 3.05) is 42.0 Å². The van der Waals surface area contributed by atoms with Crippen LogP contribution in [0.25, 0.3) is 0 Å². The van der Waals surface area contributed by atoms with Crippen molar-refractivity contribution >= 4 is 5.96 Å². The van der Waals surface area contributed by atoms with Gasteiger partial charge >= 0.3 is 0 Å². The van der Waals surface area contributed by atoms with E-state index < -0.39 is 0 Å². The van der Waals surface area contributed by atoms with Gasteiger partial charge in [-0.3, -0.25) is 4.99 Å². The molecule has 1 heterocycles. The highest BCUT2D eigenvalue weighted by Gasteiger charge is 2.09. The van der Waals surface area contributed by atoms with Crippen LogP contribution in [0.2, 0.25) is 0 Å². The highest BCUT2D eigenvalue weighted by atomic mass is 16.5. The lowest BCUT2D eigenvalue weighted by molar-refractivity contribution is 0.354. The van der Waals surface area contributed by atoms with E-state index in [4.69, 9.17) is 14.2 Å². The normalized spacial score (nSPS) is 11.1. The maximum atomic E-state index is 5.37. The highest BCUT2D eigenvalue weighted by molar-refractivity contribution is 5.79. The smallest absolute Gasteiger partial charge is 0.213 e. The van der Waals surface area contributed by atoms with E-state index in [2.05, 4.69) is 20.2 Å². The van der Waals surface area contributed by atoms with Crippen LogP contribution in [0, 0.1) is 0 Å². The topological polar surface area (TPSA) is 68.2 Å². The molecule has 146 valence electrons. The number of aromatic nitrogens is 1. The standard InChI is InChI=1S/C20H28N4O3/c1-21-20(22-14-16-7-6-8-19(23-16)27-5)24(2)12-11-15-9-10-17(25-3)18(13-15)26-4/h6-10,13H,11-12,14H2,1-5H3,(H,21,22). The summed E-state index contributed by atoms with van der Waals surface area (Å²) in [6.45, 7) is 1.38. The number of hydrogen-bond acceptors (Lipinski definition) is 5. The van der Waals surface area contributed by atoms with Crippen LogP contribution >= 0.6 is 0 Å². The molecule has 0 fully saturated rings. The van der Waals surface area contributed by atoms with Gasteiger partial charge in [-0.2, -0.15) is 0 Å². The molecule has 1 aromatic heterocycles. The molecule has 0 bridgehead atoms. The Kier molecular flexibility index (Phi) is 7.73. The number of rotatable bonds is 8. The lowest BCUT2D eigenvalue weighted by Gasteiger charge is -2.22. The first-order chi connectivity index (χ1) is 13.1. The van der Waals surface area contributed by atoms with Gasteiger partial charge in [0, 0.05) is 26.7 Å². The molecule has 0 radical (unpaired) electrons. The Hall–Kier alpha value is -2.96. The van der Waals surface area contributed by atoms with Crippen LogP contribution in [0.5, 0.6) is 17.4 Å². The van der Waals surface area contributed by atoms with Gasteiger partial charge < -0.3 is 24.4 Å². The first-order valence-electron chi connectivity index (χ1n) is 8.73. The quantitative estimate of drug-likeness (QED) is 0.567. The molecule has 2 rings (SSSR count). The van der Waals surface area contributed by atoms with Crippen molar-refractivity contribution < 1.29 is 14.2 Å². The molecule has 1 N–H and O–H groups in total. The summed E-state index contributed by atoms with van der Waals surface area (Å²) in [6, 6.07) is 11.7. The Labute approximate surface area is 161 Å². The lowest BCUT2D eigenvalue weighted by Crippen LogP contribution is -2.39. The number of hydrogen-bond donors (Lipinski definition) is 1. The Morgan fingerprint density at radius 2 is 1.85 bits per heavy atom. The molecule has 0 aliphatic rings. The Morgan fingerprint density at radius 3 is 2.52 bits per heavy atom. The maximum absolute atomic E-state index is 5.37. The van der Waals surface area contributed by atoms with Gasteiger partial charge in [-0.15, -0.1) is 0 Å². The van der Waals surface area contributed by atoms with Crippen LogP contribution in [0.3, 0.4) is 0 Å². The van der Waals surface area contributed by atoms with Gasteiger partial charge in [0.05, 0.1) is 33.6 Å². The SMILES string of the molecule is CN=C(NCc1cccc(OC)n1)N(C)CCc1ccc(OC)c(OC)c1. The van der Waals surface area contributed by atoms with Crippen LogP contribution in [-0.4, -0.2) is 57.8 Å². The Morgan fingerprint density at radius 1 is 1.07 bits per heavy atom. The summed E-state index contributed by atoms with van der Waals surface area (Å²) in [5.41, 5.74) is 2.06. The summed E-state index contributed by atoms with van der Waals surface area (Å²) in [4.78, 5) is 10.8. The van der Waals surface area contributed by atoms with Crippen LogP contribution in [-0.2, 0) is 13.0 Å². The van der Waals surface area contributed by atoms with Crippen molar-refractivity contribution in [1.29, 1.82) is 0 Å². The van der Waals surface area contributed by atoms with Crippen LogP contribution in [0.4, 0.5) is 0 Å². The van der Waals surface area contributed by atoms with E-state index in [1.807, 2.05) is 43.4 Å². The second-order valence-corrected chi connectivity index (χ2v) is 5.93. The molecular weight excluding hydrogens is 344 g/mol. The fraction of sp³-hybridized carbons (Fsp3) is 0.400.